The van der Waals surface area contributed by atoms with Gasteiger partial charge in [0.25, 0.3) is 0 Å². The number of hydrogen-bond donors (Lipinski definition) is 0. The maximum absolute atomic E-state index is 10.9. The van der Waals surface area contributed by atoms with Gasteiger partial charge in [0, 0.05) is 12.7 Å². The van der Waals surface area contributed by atoms with E-state index < -0.39 is 5.97 Å². The molecule has 0 aliphatic heterocycles. The van der Waals surface area contributed by atoms with Crippen molar-refractivity contribution in [3.05, 3.63) is 24.8 Å². The van der Waals surface area contributed by atoms with Crippen LogP contribution in [0.4, 0.5) is 0 Å². The Bertz CT molecular complexity index is 740. The minimum Gasteiger partial charge on any atom is -0.460 e. The van der Waals surface area contributed by atoms with E-state index in [1.165, 1.54) is 83.5 Å². The Morgan fingerprint density at radius 1 is 0.358 bits per heavy atom. The third kappa shape index (κ3) is 48.5. The minimum atomic E-state index is -0.456. The smallest absolute Gasteiger partial charge is 0.330 e. The van der Waals surface area contributed by atoms with Gasteiger partial charge in [-0.05, 0) is 32.1 Å². The van der Waals surface area contributed by atoms with E-state index in [-0.39, 0.29) is 6.61 Å². The molecule has 0 N–H and O–H groups in total. The Labute approximate surface area is 322 Å². The highest BCUT2D eigenvalue weighted by Crippen LogP contribution is 2.10. The van der Waals surface area contributed by atoms with Crippen LogP contribution in [0.1, 0.15) is 96.8 Å². The average Bonchev–Trinajstić information content (AvgIpc) is 3.17. The van der Waals surface area contributed by atoms with Gasteiger partial charge in [0.1, 0.15) is 6.61 Å². The van der Waals surface area contributed by atoms with Gasteiger partial charge in [-0.1, -0.05) is 83.4 Å². The molecule has 0 spiro atoms. The fraction of sp³-hybridized carbons (Fsp3) is 0.878. The number of carbonyl (C=O) groups is 1. The summed E-state index contributed by atoms with van der Waals surface area (Å²) in [5.74, 6) is -0.456. The SMILES string of the molecule is C=CC(=O)OCCOCCOCCOCCOCCOCCOCCOCCOCCOCCOCCCCCCCC/C=C\CCCCCCCC. The van der Waals surface area contributed by atoms with Gasteiger partial charge in [-0.3, -0.25) is 0 Å². The topological polar surface area (TPSA) is 119 Å². The lowest BCUT2D eigenvalue weighted by Gasteiger charge is -2.09. The molecule has 0 atom stereocenters. The van der Waals surface area contributed by atoms with E-state index in [1.807, 2.05) is 0 Å². The van der Waals surface area contributed by atoms with Crippen molar-refractivity contribution in [3.63, 3.8) is 0 Å². The zero-order valence-electron chi connectivity index (χ0n) is 33.6. The molecule has 0 saturated carbocycles. The summed E-state index contributed by atoms with van der Waals surface area (Å²) in [6.45, 7) is 16.2. The van der Waals surface area contributed by atoms with E-state index in [1.54, 1.807) is 0 Å². The largest absolute Gasteiger partial charge is 0.460 e. The second-order valence-corrected chi connectivity index (χ2v) is 12.4. The Kier molecular flexibility index (Phi) is 47.2. The monoisotopic (exact) mass is 763 g/mol. The van der Waals surface area contributed by atoms with Crippen LogP contribution >= 0.6 is 0 Å². The third-order valence-corrected chi connectivity index (χ3v) is 7.79. The summed E-state index contributed by atoms with van der Waals surface area (Å²) in [7, 11) is 0. The first-order valence-electron chi connectivity index (χ1n) is 20.5. The number of unbranched alkanes of at least 4 members (excludes halogenated alkanes) is 12. The molecule has 53 heavy (non-hydrogen) atoms. The Hall–Kier alpha value is -1.45. The number of esters is 1. The van der Waals surface area contributed by atoms with Crippen molar-refractivity contribution in [2.24, 2.45) is 0 Å². The highest BCUT2D eigenvalue weighted by Gasteiger charge is 1.98. The summed E-state index contributed by atoms with van der Waals surface area (Å²) >= 11 is 0. The first-order valence-corrected chi connectivity index (χ1v) is 20.5. The quantitative estimate of drug-likeness (QED) is 0.0277. The number of allylic oxidation sites excluding steroid dienone is 2. The van der Waals surface area contributed by atoms with Crippen LogP contribution < -0.4 is 0 Å². The summed E-state index contributed by atoms with van der Waals surface area (Å²) in [4.78, 5) is 10.9. The van der Waals surface area contributed by atoms with Crippen molar-refractivity contribution >= 4 is 5.97 Å². The molecule has 0 amide bonds. The van der Waals surface area contributed by atoms with E-state index >= 15 is 0 Å². The zero-order chi connectivity index (χ0) is 38.2. The van der Waals surface area contributed by atoms with Crippen LogP contribution in [0.25, 0.3) is 0 Å². The van der Waals surface area contributed by atoms with Gasteiger partial charge in [0.2, 0.25) is 0 Å². The summed E-state index contributed by atoms with van der Waals surface area (Å²) in [5, 5.41) is 0. The summed E-state index contributed by atoms with van der Waals surface area (Å²) in [6, 6.07) is 0. The maximum Gasteiger partial charge on any atom is 0.330 e. The molecule has 0 saturated heterocycles. The lowest BCUT2D eigenvalue weighted by Crippen LogP contribution is -2.15. The van der Waals surface area contributed by atoms with Crippen LogP contribution in [0.3, 0.4) is 0 Å². The molecular formula is C41H78O12. The van der Waals surface area contributed by atoms with Gasteiger partial charge in [0.05, 0.1) is 126 Å². The van der Waals surface area contributed by atoms with Crippen LogP contribution in [0.5, 0.6) is 0 Å². The molecular weight excluding hydrogens is 684 g/mol. The van der Waals surface area contributed by atoms with Crippen LogP contribution in [0.2, 0.25) is 0 Å². The molecule has 314 valence electrons. The molecule has 0 aliphatic carbocycles. The molecule has 0 fully saturated rings. The lowest BCUT2D eigenvalue weighted by molar-refractivity contribution is -0.139. The van der Waals surface area contributed by atoms with E-state index in [0.29, 0.717) is 126 Å². The molecule has 12 heteroatoms. The van der Waals surface area contributed by atoms with Gasteiger partial charge in [-0.2, -0.15) is 0 Å². The molecule has 0 bridgehead atoms. The van der Waals surface area contributed by atoms with Crippen LogP contribution in [0.15, 0.2) is 24.8 Å². The van der Waals surface area contributed by atoms with E-state index in [0.717, 1.165) is 19.1 Å². The predicted octanol–water partition coefficient (Wildman–Crippen LogP) is 6.92. The highest BCUT2D eigenvalue weighted by molar-refractivity contribution is 5.81. The number of carbonyl (C=O) groups excluding carboxylic acids is 1. The molecule has 0 heterocycles. The number of ether oxygens (including phenoxy) is 11. The molecule has 0 radical (unpaired) electrons. The molecule has 0 rings (SSSR count). The summed E-state index contributed by atoms with van der Waals surface area (Å²) in [6.07, 6.45) is 24.4. The van der Waals surface area contributed by atoms with Gasteiger partial charge >= 0.3 is 5.97 Å². The molecule has 0 aromatic heterocycles. The highest BCUT2D eigenvalue weighted by atomic mass is 16.6. The van der Waals surface area contributed by atoms with Gasteiger partial charge in [-0.15, -0.1) is 0 Å². The predicted molar refractivity (Wildman–Crippen MR) is 209 cm³/mol. The van der Waals surface area contributed by atoms with Crippen molar-refractivity contribution in [3.8, 4) is 0 Å². The Morgan fingerprint density at radius 2 is 0.623 bits per heavy atom. The van der Waals surface area contributed by atoms with Crippen molar-refractivity contribution < 1.29 is 56.9 Å². The minimum absolute atomic E-state index is 0.201. The standard InChI is InChI=1S/C41H78O12/c1-3-5-6-7-8-9-10-11-12-13-14-15-16-17-18-19-20-43-21-22-44-23-24-45-25-26-46-27-28-47-29-30-48-31-32-49-33-34-50-35-36-51-37-38-52-39-40-53-41(42)4-2/h4,11-12H,2-3,5-10,13-40H2,1H3/b12-11-. The fourth-order valence-electron chi connectivity index (χ4n) is 4.79. The fourth-order valence-corrected chi connectivity index (χ4v) is 4.79. The molecule has 12 nitrogen and oxygen atoms in total. The lowest BCUT2D eigenvalue weighted by atomic mass is 10.1. The van der Waals surface area contributed by atoms with E-state index in [2.05, 4.69) is 25.7 Å². The number of rotatable bonds is 47. The third-order valence-electron chi connectivity index (χ3n) is 7.79. The Morgan fingerprint density at radius 3 is 0.943 bits per heavy atom. The Balaban J connectivity index is 3.08. The summed E-state index contributed by atoms with van der Waals surface area (Å²) < 4.78 is 59.7. The van der Waals surface area contributed by atoms with Crippen molar-refractivity contribution in [2.75, 3.05) is 139 Å². The molecule has 0 aromatic rings. The van der Waals surface area contributed by atoms with Crippen molar-refractivity contribution in [1.29, 1.82) is 0 Å². The van der Waals surface area contributed by atoms with Crippen molar-refractivity contribution in [1.82, 2.24) is 0 Å². The van der Waals surface area contributed by atoms with Crippen LogP contribution in [-0.2, 0) is 56.9 Å². The van der Waals surface area contributed by atoms with Gasteiger partial charge in [-0.25, -0.2) is 4.79 Å². The average molecular weight is 763 g/mol. The summed E-state index contributed by atoms with van der Waals surface area (Å²) in [5.41, 5.74) is 0. The normalized spacial score (nSPS) is 11.6. The first-order chi connectivity index (χ1) is 26.3. The van der Waals surface area contributed by atoms with E-state index in [9.17, 15) is 4.79 Å². The zero-order valence-corrected chi connectivity index (χ0v) is 33.6. The van der Waals surface area contributed by atoms with Gasteiger partial charge < -0.3 is 52.1 Å². The second kappa shape index (κ2) is 48.6. The van der Waals surface area contributed by atoms with Crippen LogP contribution in [-0.4, -0.2) is 145 Å². The molecule has 0 aromatic carbocycles. The van der Waals surface area contributed by atoms with Gasteiger partial charge in [0.15, 0.2) is 0 Å². The maximum atomic E-state index is 10.9. The van der Waals surface area contributed by atoms with Crippen molar-refractivity contribution in [2.45, 2.75) is 96.8 Å². The molecule has 0 aliphatic rings. The van der Waals surface area contributed by atoms with Crippen LogP contribution in [0, 0.1) is 0 Å². The second-order valence-electron chi connectivity index (χ2n) is 12.4. The number of hydrogen-bond acceptors (Lipinski definition) is 12. The molecule has 0 unspecified atom stereocenters. The first kappa shape index (κ1) is 51.5. The van der Waals surface area contributed by atoms with E-state index in [4.69, 9.17) is 52.1 Å².